The van der Waals surface area contributed by atoms with Crippen molar-refractivity contribution < 1.29 is 14.7 Å². The molecule has 7 nitrogen and oxygen atoms in total. The average Bonchev–Trinajstić information content (AvgIpc) is 2.49. The Morgan fingerprint density at radius 1 is 1.36 bits per heavy atom. The lowest BCUT2D eigenvalue weighted by Crippen LogP contribution is -2.38. The van der Waals surface area contributed by atoms with Gasteiger partial charge in [-0.3, -0.25) is 19.0 Å². The molecule has 1 unspecified atom stereocenters. The number of amides is 1. The molecule has 2 rings (SSSR count). The molecule has 2 aromatic rings. The normalized spacial score (nSPS) is 12.0. The van der Waals surface area contributed by atoms with Gasteiger partial charge in [0.2, 0.25) is 5.91 Å². The van der Waals surface area contributed by atoms with Gasteiger partial charge in [-0.1, -0.05) is 12.1 Å². The second kappa shape index (κ2) is 6.84. The van der Waals surface area contributed by atoms with Gasteiger partial charge >= 0.3 is 5.97 Å². The van der Waals surface area contributed by atoms with Crippen LogP contribution in [-0.4, -0.2) is 32.6 Å². The van der Waals surface area contributed by atoms with Gasteiger partial charge in [0.25, 0.3) is 5.56 Å². The highest BCUT2D eigenvalue weighted by molar-refractivity contribution is 5.83. The van der Waals surface area contributed by atoms with Crippen LogP contribution in [0.5, 0.6) is 0 Å². The maximum absolute atomic E-state index is 12.2. The number of benzene rings is 1. The first-order valence-corrected chi connectivity index (χ1v) is 6.95. The third-order valence-corrected chi connectivity index (χ3v) is 3.28. The van der Waals surface area contributed by atoms with E-state index in [1.165, 1.54) is 17.8 Å². The molecule has 0 saturated heterocycles. The summed E-state index contributed by atoms with van der Waals surface area (Å²) < 4.78 is 1.45. The van der Waals surface area contributed by atoms with Gasteiger partial charge in [0, 0.05) is 13.0 Å². The van der Waals surface area contributed by atoms with Crippen LogP contribution in [0.4, 0.5) is 0 Å². The van der Waals surface area contributed by atoms with E-state index in [4.69, 9.17) is 5.11 Å². The van der Waals surface area contributed by atoms with E-state index in [0.717, 1.165) is 0 Å². The Balaban J connectivity index is 1.95. The van der Waals surface area contributed by atoms with Gasteiger partial charge < -0.3 is 10.4 Å². The molecule has 1 amide bonds. The molecular weight excluding hydrogens is 286 g/mol. The number of aryl methyl sites for hydroxylation is 1. The number of hydrogen-bond acceptors (Lipinski definition) is 4. The first-order valence-electron chi connectivity index (χ1n) is 6.95. The van der Waals surface area contributed by atoms with Crippen LogP contribution < -0.4 is 10.9 Å². The zero-order valence-corrected chi connectivity index (χ0v) is 12.2. The van der Waals surface area contributed by atoms with E-state index in [2.05, 4.69) is 10.3 Å². The van der Waals surface area contributed by atoms with Gasteiger partial charge in [-0.15, -0.1) is 0 Å². The van der Waals surface area contributed by atoms with E-state index < -0.39 is 12.0 Å². The summed E-state index contributed by atoms with van der Waals surface area (Å²) in [5, 5.41) is 11.6. The topological polar surface area (TPSA) is 101 Å². The number of carboxylic acid groups (broad SMARTS) is 1. The van der Waals surface area contributed by atoms with Crippen LogP contribution in [0.3, 0.4) is 0 Å². The lowest BCUT2D eigenvalue weighted by Gasteiger charge is -2.09. The summed E-state index contributed by atoms with van der Waals surface area (Å²) in [5.41, 5.74) is 0.488. The third kappa shape index (κ3) is 3.69. The quantitative estimate of drug-likeness (QED) is 0.820. The van der Waals surface area contributed by atoms with Crippen molar-refractivity contribution >= 4 is 22.8 Å². The second-order valence-electron chi connectivity index (χ2n) is 4.99. The molecule has 0 radical (unpaired) electrons. The summed E-state index contributed by atoms with van der Waals surface area (Å²) in [6.07, 6.45) is 2.04. The van der Waals surface area contributed by atoms with Crippen molar-refractivity contribution in [3.63, 3.8) is 0 Å². The van der Waals surface area contributed by atoms with Crippen LogP contribution in [-0.2, 0) is 16.1 Å². The zero-order valence-electron chi connectivity index (χ0n) is 12.2. The number of para-hydroxylation sites is 1. The SMILES string of the molecule is CC(NC(=O)CCCn1cnc2ccccc2c1=O)C(=O)O. The smallest absolute Gasteiger partial charge is 0.325 e. The molecule has 0 bridgehead atoms. The van der Waals surface area contributed by atoms with Gasteiger partial charge in [0.15, 0.2) is 0 Å². The molecule has 116 valence electrons. The van der Waals surface area contributed by atoms with E-state index >= 15 is 0 Å². The van der Waals surface area contributed by atoms with Crippen LogP contribution >= 0.6 is 0 Å². The Kier molecular flexibility index (Phi) is 4.88. The summed E-state index contributed by atoms with van der Waals surface area (Å²) >= 11 is 0. The number of rotatable bonds is 6. The molecule has 0 saturated carbocycles. The van der Waals surface area contributed by atoms with Gasteiger partial charge in [0.1, 0.15) is 6.04 Å². The molecule has 7 heteroatoms. The lowest BCUT2D eigenvalue weighted by atomic mass is 10.2. The predicted octanol–water partition coefficient (Wildman–Crippen LogP) is 0.766. The number of carbonyl (C=O) groups excluding carboxylic acids is 1. The van der Waals surface area contributed by atoms with E-state index in [-0.39, 0.29) is 17.9 Å². The molecule has 2 N–H and O–H groups in total. The number of hydrogen-bond donors (Lipinski definition) is 2. The molecular formula is C15H17N3O4. The maximum Gasteiger partial charge on any atom is 0.325 e. The van der Waals surface area contributed by atoms with Crippen molar-refractivity contribution in [3.05, 3.63) is 40.9 Å². The zero-order chi connectivity index (χ0) is 16.1. The Hall–Kier alpha value is -2.70. The Bertz CT molecular complexity index is 754. The summed E-state index contributed by atoms with van der Waals surface area (Å²) in [6.45, 7) is 1.75. The number of aliphatic carboxylic acids is 1. The highest BCUT2D eigenvalue weighted by Gasteiger charge is 2.13. The summed E-state index contributed by atoms with van der Waals surface area (Å²) in [6, 6.07) is 6.14. The van der Waals surface area contributed by atoms with Crippen molar-refractivity contribution in [2.45, 2.75) is 32.4 Å². The second-order valence-corrected chi connectivity index (χ2v) is 4.99. The van der Waals surface area contributed by atoms with E-state index in [1.54, 1.807) is 18.2 Å². The fraction of sp³-hybridized carbons (Fsp3) is 0.333. The van der Waals surface area contributed by atoms with Crippen LogP contribution in [0.1, 0.15) is 19.8 Å². The summed E-state index contributed by atoms with van der Waals surface area (Å²) in [5.74, 6) is -1.43. The minimum atomic E-state index is -1.08. The highest BCUT2D eigenvalue weighted by atomic mass is 16.4. The third-order valence-electron chi connectivity index (χ3n) is 3.28. The van der Waals surface area contributed by atoms with E-state index in [0.29, 0.717) is 23.9 Å². The van der Waals surface area contributed by atoms with Crippen molar-refractivity contribution in [3.8, 4) is 0 Å². The molecule has 0 fully saturated rings. The fourth-order valence-corrected chi connectivity index (χ4v) is 2.05. The van der Waals surface area contributed by atoms with Crippen molar-refractivity contribution in [1.29, 1.82) is 0 Å². The number of aromatic nitrogens is 2. The molecule has 0 aliphatic heterocycles. The van der Waals surface area contributed by atoms with Crippen LogP contribution in [0.25, 0.3) is 10.9 Å². The first kappa shape index (κ1) is 15.7. The molecule has 1 atom stereocenters. The van der Waals surface area contributed by atoms with E-state index in [1.807, 2.05) is 6.07 Å². The van der Waals surface area contributed by atoms with Crippen molar-refractivity contribution in [2.24, 2.45) is 0 Å². The molecule has 0 spiro atoms. The monoisotopic (exact) mass is 303 g/mol. The lowest BCUT2D eigenvalue weighted by molar-refractivity contribution is -0.141. The standard InChI is InChI=1S/C15H17N3O4/c1-10(15(21)22)17-13(19)7-4-8-18-9-16-12-6-3-2-5-11(12)14(18)20/h2-3,5-6,9-10H,4,7-8H2,1H3,(H,17,19)(H,21,22). The Morgan fingerprint density at radius 3 is 2.82 bits per heavy atom. The number of fused-ring (bicyclic) bond motifs is 1. The summed E-state index contributed by atoms with van der Waals surface area (Å²) in [4.78, 5) is 38.6. The largest absolute Gasteiger partial charge is 0.480 e. The van der Waals surface area contributed by atoms with Gasteiger partial charge in [-0.05, 0) is 25.5 Å². The number of carbonyl (C=O) groups is 2. The number of nitrogens with zero attached hydrogens (tertiary/aromatic N) is 2. The Labute approximate surface area is 126 Å². The van der Waals surface area contributed by atoms with Gasteiger partial charge in [0.05, 0.1) is 17.2 Å². The molecule has 1 heterocycles. The van der Waals surface area contributed by atoms with Crippen molar-refractivity contribution in [1.82, 2.24) is 14.9 Å². The Morgan fingerprint density at radius 2 is 2.09 bits per heavy atom. The average molecular weight is 303 g/mol. The summed E-state index contributed by atoms with van der Waals surface area (Å²) in [7, 11) is 0. The predicted molar refractivity (Wildman–Crippen MR) is 80.5 cm³/mol. The molecule has 0 aliphatic carbocycles. The molecule has 1 aromatic heterocycles. The van der Waals surface area contributed by atoms with Crippen molar-refractivity contribution in [2.75, 3.05) is 0 Å². The van der Waals surface area contributed by atoms with Gasteiger partial charge in [-0.25, -0.2) is 4.98 Å². The molecule has 0 aliphatic rings. The van der Waals surface area contributed by atoms with Gasteiger partial charge in [-0.2, -0.15) is 0 Å². The maximum atomic E-state index is 12.2. The molecule has 22 heavy (non-hydrogen) atoms. The fourth-order valence-electron chi connectivity index (χ4n) is 2.05. The highest BCUT2D eigenvalue weighted by Crippen LogP contribution is 2.05. The van der Waals surface area contributed by atoms with Crippen LogP contribution in [0.15, 0.2) is 35.4 Å². The number of carboxylic acids is 1. The first-order chi connectivity index (χ1) is 10.5. The minimum Gasteiger partial charge on any atom is -0.480 e. The molecule has 1 aromatic carbocycles. The van der Waals surface area contributed by atoms with Crippen LogP contribution in [0.2, 0.25) is 0 Å². The van der Waals surface area contributed by atoms with E-state index in [9.17, 15) is 14.4 Å². The minimum absolute atomic E-state index is 0.148. The number of nitrogens with one attached hydrogen (secondary N) is 1. The van der Waals surface area contributed by atoms with Crippen LogP contribution in [0, 0.1) is 0 Å².